The van der Waals surface area contributed by atoms with Gasteiger partial charge in [0.1, 0.15) is 6.26 Å². The van der Waals surface area contributed by atoms with E-state index >= 15 is 0 Å². The van der Waals surface area contributed by atoms with E-state index in [0.29, 0.717) is 25.8 Å². The van der Waals surface area contributed by atoms with E-state index < -0.39 is 5.97 Å². The Bertz CT molecular complexity index is 387. The van der Waals surface area contributed by atoms with Crippen LogP contribution in [0.3, 0.4) is 0 Å². The number of nitrogens with zero attached hydrogens (tertiary/aromatic N) is 1. The van der Waals surface area contributed by atoms with E-state index in [1.165, 1.54) is 6.26 Å². The Hall–Kier alpha value is -1.60. The van der Waals surface area contributed by atoms with Crippen molar-refractivity contribution in [2.75, 3.05) is 38.2 Å². The molecule has 1 unspecified atom stereocenters. The number of carbonyl (C=O) groups is 1. The van der Waals surface area contributed by atoms with Crippen molar-refractivity contribution in [1.82, 2.24) is 10.3 Å². The number of aromatic nitrogens is 1. The fraction of sp³-hybridized carbons (Fsp3) is 0.636. The predicted molar refractivity (Wildman–Crippen MR) is 63.6 cm³/mol. The second kappa shape index (κ2) is 6.36. The minimum absolute atomic E-state index is 0.173. The smallest absolute Gasteiger partial charge is 0.360 e. The molecule has 0 radical (unpaired) electrons. The third kappa shape index (κ3) is 3.44. The summed E-state index contributed by atoms with van der Waals surface area (Å²) in [5.41, 5.74) is 0.173. The van der Waals surface area contributed by atoms with E-state index in [2.05, 4.69) is 15.6 Å². The molecule has 7 nitrogen and oxygen atoms in total. The van der Waals surface area contributed by atoms with Crippen molar-refractivity contribution in [3.63, 3.8) is 0 Å². The monoisotopic (exact) mass is 255 g/mol. The van der Waals surface area contributed by atoms with Gasteiger partial charge in [-0.15, -0.1) is 0 Å². The first kappa shape index (κ1) is 12.8. The van der Waals surface area contributed by atoms with Crippen LogP contribution in [0.1, 0.15) is 17.4 Å². The van der Waals surface area contributed by atoms with Crippen LogP contribution in [-0.2, 0) is 9.47 Å². The van der Waals surface area contributed by atoms with Crippen LogP contribution in [0.5, 0.6) is 0 Å². The average Bonchev–Trinajstić information content (AvgIpc) is 2.87. The van der Waals surface area contributed by atoms with Crippen LogP contribution in [0, 0.1) is 0 Å². The highest BCUT2D eigenvalue weighted by molar-refractivity contribution is 5.87. The van der Waals surface area contributed by atoms with E-state index in [4.69, 9.17) is 13.9 Å². The van der Waals surface area contributed by atoms with E-state index in [0.717, 1.165) is 13.2 Å². The van der Waals surface area contributed by atoms with Crippen molar-refractivity contribution < 1.29 is 18.7 Å². The molecular formula is C11H17N3O4. The van der Waals surface area contributed by atoms with Crippen LogP contribution in [0.2, 0.25) is 0 Å². The number of hydrogen-bond acceptors (Lipinski definition) is 7. The number of nitrogens with one attached hydrogen (secondary N) is 2. The molecule has 1 aromatic rings. The summed E-state index contributed by atoms with van der Waals surface area (Å²) in [4.78, 5) is 15.4. The van der Waals surface area contributed by atoms with Gasteiger partial charge in [0.2, 0.25) is 0 Å². The molecule has 1 aromatic heterocycles. The van der Waals surface area contributed by atoms with Crippen molar-refractivity contribution in [3.8, 4) is 0 Å². The molecule has 1 aliphatic rings. The van der Waals surface area contributed by atoms with Gasteiger partial charge in [-0.3, -0.25) is 0 Å². The van der Waals surface area contributed by atoms with Gasteiger partial charge in [0.05, 0.1) is 19.8 Å². The number of carbonyl (C=O) groups excluding carboxylic acids is 1. The molecule has 7 heteroatoms. The molecule has 1 aliphatic heterocycles. The molecule has 2 N–H and O–H groups in total. The number of oxazole rings is 1. The first-order chi connectivity index (χ1) is 8.79. The Kier molecular flexibility index (Phi) is 4.54. The second-order valence-electron chi connectivity index (χ2n) is 3.87. The van der Waals surface area contributed by atoms with Crippen molar-refractivity contribution >= 4 is 12.0 Å². The summed E-state index contributed by atoms with van der Waals surface area (Å²) in [7, 11) is 0. The van der Waals surface area contributed by atoms with Gasteiger partial charge in [-0.1, -0.05) is 0 Å². The van der Waals surface area contributed by atoms with E-state index in [9.17, 15) is 4.79 Å². The number of morpholine rings is 1. The van der Waals surface area contributed by atoms with E-state index in [1.54, 1.807) is 6.92 Å². The van der Waals surface area contributed by atoms with Crippen LogP contribution in [0.25, 0.3) is 0 Å². The minimum Gasteiger partial charge on any atom is -0.461 e. The molecule has 1 fully saturated rings. The largest absolute Gasteiger partial charge is 0.461 e. The fourth-order valence-electron chi connectivity index (χ4n) is 1.62. The number of hydrogen-bond donors (Lipinski definition) is 2. The molecule has 0 saturated carbocycles. The number of esters is 1. The average molecular weight is 255 g/mol. The number of ether oxygens (including phenoxy) is 2. The standard InChI is InChI=1S/C11H17N3O4/c1-2-17-10(15)9-7-18-11(14-9)13-5-8-6-16-4-3-12-8/h7-8,12H,2-6H2,1H3,(H,13,14). The maximum atomic E-state index is 11.4. The van der Waals surface area contributed by atoms with Crippen LogP contribution in [0.4, 0.5) is 6.01 Å². The van der Waals surface area contributed by atoms with Crippen LogP contribution in [0.15, 0.2) is 10.7 Å². The van der Waals surface area contributed by atoms with Crippen LogP contribution >= 0.6 is 0 Å². The molecule has 18 heavy (non-hydrogen) atoms. The van der Waals surface area contributed by atoms with E-state index in [-0.39, 0.29) is 11.7 Å². The SMILES string of the molecule is CCOC(=O)c1coc(NCC2COCCN2)n1. The predicted octanol–water partition coefficient (Wildman–Crippen LogP) is 0.252. The summed E-state index contributed by atoms with van der Waals surface area (Å²) in [6, 6.07) is 0.530. The molecule has 1 saturated heterocycles. The third-order valence-corrected chi connectivity index (χ3v) is 2.49. The van der Waals surface area contributed by atoms with Crippen LogP contribution < -0.4 is 10.6 Å². The summed E-state index contributed by atoms with van der Waals surface area (Å²) >= 11 is 0. The Morgan fingerprint density at radius 1 is 1.72 bits per heavy atom. The van der Waals surface area contributed by atoms with Gasteiger partial charge in [-0.05, 0) is 6.92 Å². The van der Waals surface area contributed by atoms with Gasteiger partial charge in [0.25, 0.3) is 6.01 Å². The van der Waals surface area contributed by atoms with Gasteiger partial charge in [-0.25, -0.2) is 4.79 Å². The summed E-state index contributed by atoms with van der Waals surface area (Å²) in [6.07, 6.45) is 1.28. The molecule has 0 spiro atoms. The normalized spacial score (nSPS) is 19.5. The summed E-state index contributed by atoms with van der Waals surface area (Å²) in [5.74, 6) is -0.478. The lowest BCUT2D eigenvalue weighted by molar-refractivity contribution is 0.0519. The summed E-state index contributed by atoms with van der Waals surface area (Å²) < 4.78 is 15.3. The molecule has 0 bridgehead atoms. The lowest BCUT2D eigenvalue weighted by Gasteiger charge is -2.23. The lowest BCUT2D eigenvalue weighted by Crippen LogP contribution is -2.45. The summed E-state index contributed by atoms with van der Waals surface area (Å²) in [5, 5.41) is 6.29. The molecule has 100 valence electrons. The Labute approximate surface area is 105 Å². The van der Waals surface area contributed by atoms with Crippen LogP contribution in [-0.4, -0.2) is 49.9 Å². The zero-order chi connectivity index (χ0) is 12.8. The van der Waals surface area contributed by atoms with Crippen molar-refractivity contribution in [2.45, 2.75) is 13.0 Å². The minimum atomic E-state index is -0.478. The number of anilines is 1. The Balaban J connectivity index is 1.80. The Morgan fingerprint density at radius 3 is 3.33 bits per heavy atom. The summed E-state index contributed by atoms with van der Waals surface area (Å²) in [6.45, 7) is 4.92. The highest BCUT2D eigenvalue weighted by Gasteiger charge is 2.16. The fourth-order valence-corrected chi connectivity index (χ4v) is 1.62. The van der Waals surface area contributed by atoms with Crippen molar-refractivity contribution in [2.24, 2.45) is 0 Å². The highest BCUT2D eigenvalue weighted by Crippen LogP contribution is 2.08. The molecular weight excluding hydrogens is 238 g/mol. The zero-order valence-corrected chi connectivity index (χ0v) is 10.3. The number of rotatable bonds is 5. The zero-order valence-electron chi connectivity index (χ0n) is 10.3. The first-order valence-electron chi connectivity index (χ1n) is 5.97. The maximum Gasteiger partial charge on any atom is 0.360 e. The molecule has 0 amide bonds. The molecule has 2 heterocycles. The van der Waals surface area contributed by atoms with E-state index in [1.807, 2.05) is 0 Å². The first-order valence-corrected chi connectivity index (χ1v) is 5.97. The molecule has 0 aliphatic carbocycles. The molecule has 0 aromatic carbocycles. The maximum absolute atomic E-state index is 11.4. The van der Waals surface area contributed by atoms with Gasteiger partial charge in [0.15, 0.2) is 5.69 Å². The van der Waals surface area contributed by atoms with Gasteiger partial charge in [-0.2, -0.15) is 4.98 Å². The van der Waals surface area contributed by atoms with Crippen molar-refractivity contribution in [1.29, 1.82) is 0 Å². The quantitative estimate of drug-likeness (QED) is 0.729. The van der Waals surface area contributed by atoms with Gasteiger partial charge in [0, 0.05) is 19.1 Å². The van der Waals surface area contributed by atoms with Gasteiger partial charge >= 0.3 is 5.97 Å². The molecule has 2 rings (SSSR count). The molecule has 1 atom stereocenters. The van der Waals surface area contributed by atoms with Gasteiger partial charge < -0.3 is 24.5 Å². The lowest BCUT2D eigenvalue weighted by atomic mass is 10.3. The second-order valence-corrected chi connectivity index (χ2v) is 3.87. The highest BCUT2D eigenvalue weighted by atomic mass is 16.5. The third-order valence-electron chi connectivity index (χ3n) is 2.49. The van der Waals surface area contributed by atoms with Crippen molar-refractivity contribution in [3.05, 3.63) is 12.0 Å². The Morgan fingerprint density at radius 2 is 2.61 bits per heavy atom. The topological polar surface area (TPSA) is 85.6 Å².